The molecule has 0 aliphatic heterocycles. The Kier molecular flexibility index (Phi) is 2.93. The lowest BCUT2D eigenvalue weighted by atomic mass is 10.2. The van der Waals surface area contributed by atoms with E-state index in [9.17, 15) is 8.78 Å². The van der Waals surface area contributed by atoms with Crippen LogP contribution in [0.5, 0.6) is 0 Å². The van der Waals surface area contributed by atoms with Crippen LogP contribution in [0, 0.1) is 0 Å². The van der Waals surface area contributed by atoms with Gasteiger partial charge in [-0.25, -0.2) is 13.8 Å². The molecule has 78 valence electrons. The molecule has 6 heteroatoms. The summed E-state index contributed by atoms with van der Waals surface area (Å²) in [5.74, 6) is 0. The Labute approximate surface area is 93.6 Å². The molecule has 0 aliphatic carbocycles. The molecule has 0 fully saturated rings. The van der Waals surface area contributed by atoms with Crippen molar-refractivity contribution in [3.63, 3.8) is 0 Å². The molecule has 0 aromatic carbocycles. The van der Waals surface area contributed by atoms with E-state index in [1.165, 1.54) is 23.6 Å². The standard InChI is InChI=1S/C9H5ClF2N2S/c10-9-14-4-7(15-9)5-1-2-13-6(3-5)8(11)12/h1-4,8H. The first kappa shape index (κ1) is 10.4. The number of aromatic nitrogens is 2. The summed E-state index contributed by atoms with van der Waals surface area (Å²) < 4.78 is 25.1. The third-order valence-corrected chi connectivity index (χ3v) is 2.93. The fourth-order valence-electron chi connectivity index (χ4n) is 1.11. The Morgan fingerprint density at radius 1 is 1.33 bits per heavy atom. The van der Waals surface area contributed by atoms with Crippen LogP contribution in [-0.4, -0.2) is 9.97 Å². The molecule has 0 atom stereocenters. The maximum absolute atomic E-state index is 12.4. The van der Waals surface area contributed by atoms with Gasteiger partial charge in [0, 0.05) is 12.4 Å². The number of thiazole rings is 1. The van der Waals surface area contributed by atoms with Gasteiger partial charge in [-0.2, -0.15) is 0 Å². The second-order valence-electron chi connectivity index (χ2n) is 2.75. The molecule has 15 heavy (non-hydrogen) atoms. The van der Waals surface area contributed by atoms with Gasteiger partial charge in [-0.1, -0.05) is 11.6 Å². The highest BCUT2D eigenvalue weighted by molar-refractivity contribution is 7.18. The third kappa shape index (κ3) is 2.30. The van der Waals surface area contributed by atoms with E-state index in [1.807, 2.05) is 0 Å². The minimum absolute atomic E-state index is 0.239. The summed E-state index contributed by atoms with van der Waals surface area (Å²) in [6, 6.07) is 2.99. The van der Waals surface area contributed by atoms with Crippen molar-refractivity contribution < 1.29 is 8.78 Å². The van der Waals surface area contributed by atoms with Crippen LogP contribution >= 0.6 is 22.9 Å². The molecule has 2 heterocycles. The van der Waals surface area contributed by atoms with Crippen LogP contribution in [0.2, 0.25) is 4.47 Å². The second kappa shape index (κ2) is 4.20. The SMILES string of the molecule is FC(F)c1cc(-c2cnc(Cl)s2)ccn1. The minimum Gasteiger partial charge on any atom is -0.255 e. The van der Waals surface area contributed by atoms with Gasteiger partial charge in [0.1, 0.15) is 5.69 Å². The van der Waals surface area contributed by atoms with Crippen LogP contribution in [0.1, 0.15) is 12.1 Å². The maximum Gasteiger partial charge on any atom is 0.280 e. The first-order valence-electron chi connectivity index (χ1n) is 4.02. The summed E-state index contributed by atoms with van der Waals surface area (Å²) in [6.45, 7) is 0. The summed E-state index contributed by atoms with van der Waals surface area (Å²) in [5, 5.41) is 0. The fraction of sp³-hybridized carbons (Fsp3) is 0.111. The molecule has 0 radical (unpaired) electrons. The molecule has 0 saturated carbocycles. The topological polar surface area (TPSA) is 25.8 Å². The number of halogens is 3. The van der Waals surface area contributed by atoms with Crippen LogP contribution in [0.15, 0.2) is 24.5 Å². The van der Waals surface area contributed by atoms with Gasteiger partial charge in [0.25, 0.3) is 6.43 Å². The second-order valence-corrected chi connectivity index (χ2v) is 4.36. The lowest BCUT2D eigenvalue weighted by Crippen LogP contribution is -1.89. The van der Waals surface area contributed by atoms with Crippen LogP contribution in [-0.2, 0) is 0 Å². The molecular formula is C9H5ClF2N2S. The molecule has 2 aromatic heterocycles. The van der Waals surface area contributed by atoms with Crippen LogP contribution < -0.4 is 0 Å². The fourth-order valence-corrected chi connectivity index (χ4v) is 2.04. The third-order valence-electron chi connectivity index (χ3n) is 1.77. The minimum atomic E-state index is -2.56. The van der Waals surface area contributed by atoms with Gasteiger partial charge in [0.05, 0.1) is 4.88 Å². The summed E-state index contributed by atoms with van der Waals surface area (Å²) in [6.07, 6.45) is 0.343. The number of hydrogen-bond acceptors (Lipinski definition) is 3. The van der Waals surface area contributed by atoms with Crippen molar-refractivity contribution in [2.75, 3.05) is 0 Å². The van der Waals surface area contributed by atoms with Crippen LogP contribution in [0.25, 0.3) is 10.4 Å². The molecule has 2 aromatic rings. The molecule has 0 saturated heterocycles. The van der Waals surface area contributed by atoms with E-state index in [4.69, 9.17) is 11.6 Å². The molecule has 2 rings (SSSR count). The van der Waals surface area contributed by atoms with Crippen molar-refractivity contribution in [1.82, 2.24) is 9.97 Å². The zero-order chi connectivity index (χ0) is 10.8. The number of nitrogens with zero attached hydrogens (tertiary/aromatic N) is 2. The Bertz CT molecular complexity index is 473. The van der Waals surface area contributed by atoms with E-state index in [0.29, 0.717) is 10.0 Å². The number of rotatable bonds is 2. The smallest absolute Gasteiger partial charge is 0.255 e. The van der Waals surface area contributed by atoms with Crippen molar-refractivity contribution in [1.29, 1.82) is 0 Å². The summed E-state index contributed by atoms with van der Waals surface area (Å²) >= 11 is 6.90. The number of pyridine rings is 1. The molecule has 0 unspecified atom stereocenters. The van der Waals surface area contributed by atoms with Crippen molar-refractivity contribution in [2.45, 2.75) is 6.43 Å². The van der Waals surface area contributed by atoms with Gasteiger partial charge >= 0.3 is 0 Å². The summed E-state index contributed by atoms with van der Waals surface area (Å²) in [7, 11) is 0. The molecular weight excluding hydrogens is 242 g/mol. The van der Waals surface area contributed by atoms with Crippen molar-refractivity contribution in [2.24, 2.45) is 0 Å². The monoisotopic (exact) mass is 246 g/mol. The number of hydrogen-bond donors (Lipinski definition) is 0. The van der Waals surface area contributed by atoms with E-state index in [2.05, 4.69) is 9.97 Å². The highest BCUT2D eigenvalue weighted by atomic mass is 35.5. The van der Waals surface area contributed by atoms with Gasteiger partial charge in [-0.15, -0.1) is 11.3 Å². The molecule has 0 N–H and O–H groups in total. The Hall–Kier alpha value is -1.07. The molecule has 2 nitrogen and oxygen atoms in total. The van der Waals surface area contributed by atoms with E-state index in [-0.39, 0.29) is 5.69 Å². The van der Waals surface area contributed by atoms with Crippen molar-refractivity contribution >= 4 is 22.9 Å². The zero-order valence-corrected chi connectivity index (χ0v) is 8.90. The molecule has 0 bridgehead atoms. The van der Waals surface area contributed by atoms with Gasteiger partial charge in [0.2, 0.25) is 0 Å². The molecule has 0 spiro atoms. The quantitative estimate of drug-likeness (QED) is 0.806. The summed E-state index contributed by atoms with van der Waals surface area (Å²) in [5.41, 5.74) is 0.418. The highest BCUT2D eigenvalue weighted by Crippen LogP contribution is 2.30. The first-order chi connectivity index (χ1) is 7.16. The first-order valence-corrected chi connectivity index (χ1v) is 5.22. The van der Waals surface area contributed by atoms with Gasteiger partial charge in [-0.3, -0.25) is 4.98 Å². The van der Waals surface area contributed by atoms with Gasteiger partial charge in [0.15, 0.2) is 4.47 Å². The molecule has 0 aliphatic rings. The van der Waals surface area contributed by atoms with Gasteiger partial charge < -0.3 is 0 Å². The Balaban J connectivity index is 2.41. The lowest BCUT2D eigenvalue weighted by Gasteiger charge is -2.00. The maximum atomic E-state index is 12.4. The zero-order valence-electron chi connectivity index (χ0n) is 7.32. The Morgan fingerprint density at radius 3 is 2.73 bits per heavy atom. The normalized spacial score (nSPS) is 10.9. The van der Waals surface area contributed by atoms with Crippen molar-refractivity contribution in [3.05, 3.63) is 34.7 Å². The van der Waals surface area contributed by atoms with Crippen LogP contribution in [0.4, 0.5) is 8.78 Å². The van der Waals surface area contributed by atoms with Crippen LogP contribution in [0.3, 0.4) is 0 Å². The van der Waals surface area contributed by atoms with Gasteiger partial charge in [-0.05, 0) is 17.7 Å². The average molecular weight is 247 g/mol. The predicted octanol–water partition coefficient (Wildman–Crippen LogP) is 3.80. The predicted molar refractivity (Wildman–Crippen MR) is 55.3 cm³/mol. The van der Waals surface area contributed by atoms with E-state index >= 15 is 0 Å². The van der Waals surface area contributed by atoms with Crippen molar-refractivity contribution in [3.8, 4) is 10.4 Å². The number of alkyl halides is 2. The lowest BCUT2D eigenvalue weighted by molar-refractivity contribution is 0.146. The average Bonchev–Trinajstić information content (AvgIpc) is 2.65. The molecule has 0 amide bonds. The van der Waals surface area contributed by atoms with E-state index in [1.54, 1.807) is 12.3 Å². The largest absolute Gasteiger partial charge is 0.280 e. The Morgan fingerprint density at radius 2 is 2.13 bits per heavy atom. The van der Waals surface area contributed by atoms with E-state index in [0.717, 1.165) is 4.88 Å². The highest BCUT2D eigenvalue weighted by Gasteiger charge is 2.10. The summed E-state index contributed by atoms with van der Waals surface area (Å²) in [4.78, 5) is 8.17. The van der Waals surface area contributed by atoms with E-state index < -0.39 is 6.43 Å².